The van der Waals surface area contributed by atoms with Crippen LogP contribution < -0.4 is 5.32 Å². The average Bonchev–Trinajstić information content (AvgIpc) is 2.73. The molecule has 0 bridgehead atoms. The molecule has 1 aliphatic heterocycles. The van der Waals surface area contributed by atoms with Gasteiger partial charge < -0.3 is 10.1 Å². The maximum Gasteiger partial charge on any atom is 0.253 e. The number of morpholine rings is 1. The number of hydrogen-bond donors (Lipinski definition) is 1. The van der Waals surface area contributed by atoms with E-state index in [1.165, 1.54) is 37.9 Å². The van der Waals surface area contributed by atoms with Crippen LogP contribution >= 0.6 is 11.6 Å². The van der Waals surface area contributed by atoms with Crippen molar-refractivity contribution in [3.8, 4) is 0 Å². The van der Waals surface area contributed by atoms with Gasteiger partial charge in [0.1, 0.15) is 0 Å². The fourth-order valence-corrected chi connectivity index (χ4v) is 4.31. The molecule has 0 spiro atoms. The van der Waals surface area contributed by atoms with E-state index in [2.05, 4.69) is 22.3 Å². The van der Waals surface area contributed by atoms with Gasteiger partial charge in [0.25, 0.3) is 5.91 Å². The Balaban J connectivity index is 1.68. The van der Waals surface area contributed by atoms with Gasteiger partial charge in [-0.1, -0.05) is 35.9 Å². The highest BCUT2D eigenvalue weighted by molar-refractivity contribution is 7.89. The van der Waals surface area contributed by atoms with E-state index < -0.39 is 15.9 Å². The summed E-state index contributed by atoms with van der Waals surface area (Å²) in [6, 6.07) is 12.2. The number of amides is 1. The van der Waals surface area contributed by atoms with E-state index >= 15 is 0 Å². The minimum atomic E-state index is -3.66. The van der Waals surface area contributed by atoms with Gasteiger partial charge in [-0.05, 0) is 29.3 Å². The summed E-state index contributed by atoms with van der Waals surface area (Å²) in [5, 5.41) is 3.03. The van der Waals surface area contributed by atoms with Crippen LogP contribution in [0.5, 0.6) is 0 Å². The lowest BCUT2D eigenvalue weighted by Crippen LogP contribution is -2.35. The van der Waals surface area contributed by atoms with Gasteiger partial charge in [-0.2, -0.15) is 0 Å². The van der Waals surface area contributed by atoms with E-state index in [4.69, 9.17) is 16.3 Å². The molecular weight excluding hydrogens is 426 g/mol. The van der Waals surface area contributed by atoms with E-state index in [1.807, 2.05) is 12.1 Å². The van der Waals surface area contributed by atoms with Gasteiger partial charge in [0, 0.05) is 40.3 Å². The summed E-state index contributed by atoms with van der Waals surface area (Å²) in [6.07, 6.45) is 0. The number of nitrogens with zero attached hydrogens (tertiary/aromatic N) is 2. The van der Waals surface area contributed by atoms with E-state index in [1.54, 1.807) is 0 Å². The molecule has 30 heavy (non-hydrogen) atoms. The van der Waals surface area contributed by atoms with Gasteiger partial charge in [0.05, 0.1) is 28.7 Å². The molecule has 1 aliphatic rings. The lowest BCUT2D eigenvalue weighted by molar-refractivity contribution is 0.0342. The molecule has 0 aromatic heterocycles. The van der Waals surface area contributed by atoms with Gasteiger partial charge in [-0.15, -0.1) is 0 Å². The number of carbonyl (C=O) groups is 1. The van der Waals surface area contributed by atoms with E-state index in [-0.39, 0.29) is 15.5 Å². The number of nitrogens with one attached hydrogen (secondary N) is 1. The second-order valence-electron chi connectivity index (χ2n) is 7.32. The smallest absolute Gasteiger partial charge is 0.253 e. The fraction of sp³-hybridized carbons (Fsp3) is 0.381. The molecule has 0 unspecified atom stereocenters. The molecule has 0 radical (unpaired) electrons. The lowest BCUT2D eigenvalue weighted by Gasteiger charge is -2.26. The standard InChI is InChI=1S/C21H26ClN3O4S/c1-24(2)30(27,28)18-6-7-20(22)19(13-18)21(26)23-14-16-4-3-5-17(12-16)15-25-8-10-29-11-9-25/h3-7,12-13H,8-11,14-15H2,1-2H3,(H,23,26). The third-order valence-electron chi connectivity index (χ3n) is 4.92. The maximum atomic E-state index is 12.7. The van der Waals surface area contributed by atoms with Crippen molar-refractivity contribution >= 4 is 27.5 Å². The molecule has 1 saturated heterocycles. The van der Waals surface area contributed by atoms with Crippen LogP contribution in [0.3, 0.4) is 0 Å². The Morgan fingerprint density at radius 3 is 2.53 bits per heavy atom. The Kier molecular flexibility index (Phi) is 7.49. The summed E-state index contributed by atoms with van der Waals surface area (Å²) in [6.45, 7) is 4.47. The Morgan fingerprint density at radius 1 is 1.13 bits per heavy atom. The molecule has 162 valence electrons. The fourth-order valence-electron chi connectivity index (χ4n) is 3.18. The highest BCUT2D eigenvalue weighted by Gasteiger charge is 2.20. The first-order valence-corrected chi connectivity index (χ1v) is 11.5. The number of ether oxygens (including phenoxy) is 1. The largest absolute Gasteiger partial charge is 0.379 e. The third kappa shape index (κ3) is 5.59. The normalized spacial score (nSPS) is 15.3. The first-order valence-electron chi connectivity index (χ1n) is 9.65. The zero-order chi connectivity index (χ0) is 21.7. The summed E-state index contributed by atoms with van der Waals surface area (Å²) in [7, 11) is -0.779. The van der Waals surface area contributed by atoms with Crippen LogP contribution in [0.2, 0.25) is 5.02 Å². The molecule has 0 atom stereocenters. The van der Waals surface area contributed by atoms with Crippen LogP contribution in [0.15, 0.2) is 47.4 Å². The monoisotopic (exact) mass is 451 g/mol. The lowest BCUT2D eigenvalue weighted by atomic mass is 10.1. The summed E-state index contributed by atoms with van der Waals surface area (Å²) in [4.78, 5) is 15.0. The van der Waals surface area contributed by atoms with E-state index in [0.29, 0.717) is 6.54 Å². The van der Waals surface area contributed by atoms with Crippen molar-refractivity contribution in [1.29, 1.82) is 0 Å². The van der Waals surface area contributed by atoms with Crippen molar-refractivity contribution in [3.63, 3.8) is 0 Å². The topological polar surface area (TPSA) is 79.0 Å². The third-order valence-corrected chi connectivity index (χ3v) is 7.06. The summed E-state index contributed by atoms with van der Waals surface area (Å²) in [5.74, 6) is -0.422. The molecule has 0 saturated carbocycles. The van der Waals surface area contributed by atoms with Crippen molar-refractivity contribution in [1.82, 2.24) is 14.5 Å². The first-order chi connectivity index (χ1) is 14.3. The molecule has 2 aromatic carbocycles. The molecule has 7 nitrogen and oxygen atoms in total. The minimum absolute atomic E-state index is 0.0227. The zero-order valence-corrected chi connectivity index (χ0v) is 18.7. The summed E-state index contributed by atoms with van der Waals surface area (Å²) >= 11 is 6.15. The van der Waals surface area contributed by atoms with Crippen LogP contribution in [0.25, 0.3) is 0 Å². The highest BCUT2D eigenvalue weighted by atomic mass is 35.5. The Hall–Kier alpha value is -1.97. The summed E-state index contributed by atoms with van der Waals surface area (Å²) in [5.41, 5.74) is 2.26. The molecule has 3 rings (SSSR count). The van der Waals surface area contributed by atoms with E-state index in [9.17, 15) is 13.2 Å². The second-order valence-corrected chi connectivity index (χ2v) is 9.88. The molecule has 9 heteroatoms. The predicted molar refractivity (Wildman–Crippen MR) is 116 cm³/mol. The van der Waals surface area contributed by atoms with Crippen LogP contribution in [0, 0.1) is 0 Å². The number of carbonyl (C=O) groups excluding carboxylic acids is 1. The van der Waals surface area contributed by atoms with Crippen LogP contribution in [0.1, 0.15) is 21.5 Å². The van der Waals surface area contributed by atoms with Crippen molar-refractivity contribution in [2.75, 3.05) is 40.4 Å². The number of rotatable bonds is 7. The number of benzene rings is 2. The zero-order valence-electron chi connectivity index (χ0n) is 17.1. The molecule has 1 amide bonds. The van der Waals surface area contributed by atoms with Crippen molar-refractivity contribution in [2.24, 2.45) is 0 Å². The van der Waals surface area contributed by atoms with Crippen LogP contribution in [-0.2, 0) is 27.8 Å². The second kappa shape index (κ2) is 9.89. The van der Waals surface area contributed by atoms with Crippen LogP contribution in [0.4, 0.5) is 0 Å². The van der Waals surface area contributed by atoms with Crippen molar-refractivity contribution in [2.45, 2.75) is 18.0 Å². The number of sulfonamides is 1. The SMILES string of the molecule is CN(C)S(=O)(=O)c1ccc(Cl)c(C(=O)NCc2cccc(CN3CCOCC3)c2)c1. The van der Waals surface area contributed by atoms with Gasteiger partial charge in [0.2, 0.25) is 10.0 Å². The Bertz CT molecular complexity index is 1010. The van der Waals surface area contributed by atoms with Crippen LogP contribution in [-0.4, -0.2) is 63.9 Å². The highest BCUT2D eigenvalue weighted by Crippen LogP contribution is 2.22. The predicted octanol–water partition coefficient (Wildman–Crippen LogP) is 2.35. The minimum Gasteiger partial charge on any atom is -0.379 e. The molecule has 1 heterocycles. The van der Waals surface area contributed by atoms with Gasteiger partial charge >= 0.3 is 0 Å². The summed E-state index contributed by atoms with van der Waals surface area (Å²) < 4.78 is 31.2. The molecule has 2 aromatic rings. The van der Waals surface area contributed by atoms with E-state index in [0.717, 1.165) is 42.7 Å². The Morgan fingerprint density at radius 2 is 1.83 bits per heavy atom. The average molecular weight is 452 g/mol. The molecule has 1 N–H and O–H groups in total. The van der Waals surface area contributed by atoms with Crippen molar-refractivity contribution in [3.05, 3.63) is 64.2 Å². The quantitative estimate of drug-likeness (QED) is 0.699. The molecule has 0 aliphatic carbocycles. The number of hydrogen-bond acceptors (Lipinski definition) is 5. The maximum absolute atomic E-state index is 12.7. The van der Waals surface area contributed by atoms with Gasteiger partial charge in [-0.25, -0.2) is 12.7 Å². The number of halogens is 1. The molecule has 1 fully saturated rings. The van der Waals surface area contributed by atoms with Gasteiger partial charge in [-0.3, -0.25) is 9.69 Å². The molecular formula is C21H26ClN3O4S. The first kappa shape index (κ1) is 22.7. The van der Waals surface area contributed by atoms with Gasteiger partial charge in [0.15, 0.2) is 0 Å². The Labute approximate surface area is 182 Å². The van der Waals surface area contributed by atoms with Crippen molar-refractivity contribution < 1.29 is 17.9 Å².